The second-order valence-corrected chi connectivity index (χ2v) is 15.4. The molecule has 4 nitrogen and oxygen atoms in total. The summed E-state index contributed by atoms with van der Waals surface area (Å²) in [5.41, 5.74) is 9.24. The van der Waals surface area contributed by atoms with E-state index in [1.165, 1.54) is 25.6 Å². The number of aromatic nitrogens is 3. The van der Waals surface area contributed by atoms with Crippen molar-refractivity contribution in [2.75, 3.05) is 0 Å². The van der Waals surface area contributed by atoms with E-state index in [1.54, 1.807) is 11.3 Å². The molecule has 56 heavy (non-hydrogen) atoms. The van der Waals surface area contributed by atoms with Crippen molar-refractivity contribution in [1.29, 1.82) is 0 Å². The van der Waals surface area contributed by atoms with E-state index >= 15 is 0 Å². The number of hydrogen-bond donors (Lipinski definition) is 0. The number of nitrogens with zero attached hydrogens (tertiary/aromatic N) is 3. The van der Waals surface area contributed by atoms with Crippen LogP contribution < -0.4 is 0 Å². The maximum absolute atomic E-state index is 6.44. The smallest absolute Gasteiger partial charge is 0.160 e. The normalized spacial score (nSPS) is 11.9. The minimum atomic E-state index is 0.675. The van der Waals surface area contributed by atoms with Crippen LogP contribution in [0.15, 0.2) is 180 Å². The first kappa shape index (κ1) is 31.2. The van der Waals surface area contributed by atoms with Gasteiger partial charge < -0.3 is 4.42 Å². The summed E-state index contributed by atoms with van der Waals surface area (Å²) in [7, 11) is 0. The number of furan rings is 1. The van der Waals surface area contributed by atoms with Gasteiger partial charge in [-0.15, -0.1) is 11.3 Å². The zero-order valence-electron chi connectivity index (χ0n) is 29.9. The lowest BCUT2D eigenvalue weighted by Gasteiger charge is -2.15. The van der Waals surface area contributed by atoms with Crippen molar-refractivity contribution in [3.05, 3.63) is 176 Å². The van der Waals surface area contributed by atoms with Crippen LogP contribution in [0.4, 0.5) is 0 Å². The van der Waals surface area contributed by atoms with E-state index in [0.717, 1.165) is 88.3 Å². The van der Waals surface area contributed by atoms with Gasteiger partial charge in [-0.1, -0.05) is 140 Å². The summed E-state index contributed by atoms with van der Waals surface area (Å²) in [6.07, 6.45) is 0. The van der Waals surface area contributed by atoms with E-state index in [1.807, 2.05) is 18.2 Å². The van der Waals surface area contributed by atoms with Crippen LogP contribution in [0, 0.1) is 0 Å². The molecule has 4 heterocycles. The van der Waals surface area contributed by atoms with Gasteiger partial charge in [-0.2, -0.15) is 0 Å². The maximum Gasteiger partial charge on any atom is 0.160 e. The fourth-order valence-electron chi connectivity index (χ4n) is 8.52. The van der Waals surface area contributed by atoms with Crippen LogP contribution in [0.2, 0.25) is 0 Å². The highest BCUT2D eigenvalue weighted by atomic mass is 32.1. The second-order valence-electron chi connectivity index (χ2n) is 14.3. The third kappa shape index (κ3) is 4.75. The highest BCUT2D eigenvalue weighted by molar-refractivity contribution is 7.25. The summed E-state index contributed by atoms with van der Waals surface area (Å²) in [6.45, 7) is 0. The average Bonchev–Trinajstić information content (AvgIpc) is 3.84. The van der Waals surface area contributed by atoms with Gasteiger partial charge in [0.25, 0.3) is 0 Å². The molecule has 0 saturated carbocycles. The molecule has 0 aliphatic carbocycles. The molecule has 4 aromatic heterocycles. The Bertz CT molecular complexity index is 3540. The Morgan fingerprint density at radius 1 is 0.393 bits per heavy atom. The minimum Gasteiger partial charge on any atom is -0.456 e. The molecular formula is C51H29N3OS. The highest BCUT2D eigenvalue weighted by Crippen LogP contribution is 2.44. The Labute approximate surface area is 325 Å². The molecule has 0 unspecified atom stereocenters. The molecule has 8 aromatic carbocycles. The summed E-state index contributed by atoms with van der Waals surface area (Å²) in [6, 6.07) is 61.8. The van der Waals surface area contributed by atoms with Gasteiger partial charge in [0.15, 0.2) is 5.82 Å². The highest BCUT2D eigenvalue weighted by Gasteiger charge is 2.21. The fraction of sp³-hybridized carbons (Fsp3) is 0. The number of rotatable bonds is 4. The molecule has 0 aliphatic heterocycles. The van der Waals surface area contributed by atoms with Gasteiger partial charge in [0.05, 0.1) is 22.6 Å². The van der Waals surface area contributed by atoms with Crippen LogP contribution in [0.5, 0.6) is 0 Å². The van der Waals surface area contributed by atoms with E-state index in [0.29, 0.717) is 5.82 Å². The van der Waals surface area contributed by atoms with Crippen LogP contribution in [0.1, 0.15) is 0 Å². The van der Waals surface area contributed by atoms with Crippen molar-refractivity contribution in [3.8, 4) is 45.2 Å². The Morgan fingerprint density at radius 2 is 1.07 bits per heavy atom. The second kappa shape index (κ2) is 12.2. The van der Waals surface area contributed by atoms with Crippen molar-refractivity contribution in [3.63, 3.8) is 0 Å². The Hall–Kier alpha value is -7.21. The quantitative estimate of drug-likeness (QED) is 0.169. The monoisotopic (exact) mass is 731 g/mol. The van der Waals surface area contributed by atoms with E-state index in [2.05, 4.69) is 158 Å². The molecule has 12 aromatic rings. The summed E-state index contributed by atoms with van der Waals surface area (Å²) in [4.78, 5) is 16.3. The van der Waals surface area contributed by atoms with Crippen LogP contribution >= 0.6 is 11.3 Å². The van der Waals surface area contributed by atoms with Crippen LogP contribution in [-0.2, 0) is 0 Å². The lowest BCUT2D eigenvalue weighted by atomic mass is 9.94. The standard InChI is InChI=1S/C51H29N3OS/c1-2-13-31(14-3-1)49-40-26-27-44-48(38-18-6-8-22-43(38)55-44)47(40)39-21-11-20-37(50(39)54-49)42-29-41(34-19-10-15-30-12-4-5-16-33(30)34)52-51(53-42)32-24-25-36-35-17-7-9-23-45(35)56-46(36)28-32/h1-29H. The average molecular weight is 732 g/mol. The van der Waals surface area contributed by atoms with Gasteiger partial charge in [-0.25, -0.2) is 15.0 Å². The summed E-state index contributed by atoms with van der Waals surface area (Å²) in [5.74, 6) is 0.675. The molecule has 12 rings (SSSR count). The predicted molar refractivity (Wildman–Crippen MR) is 234 cm³/mol. The number of para-hydroxylation sites is 2. The molecular weight excluding hydrogens is 703 g/mol. The predicted octanol–water partition coefficient (Wildman–Crippen LogP) is 14.3. The van der Waals surface area contributed by atoms with E-state index in [-0.39, 0.29) is 0 Å². The lowest BCUT2D eigenvalue weighted by Crippen LogP contribution is -1.98. The fourth-order valence-corrected chi connectivity index (χ4v) is 9.67. The molecule has 0 amide bonds. The van der Waals surface area contributed by atoms with Crippen molar-refractivity contribution >= 4 is 85.9 Å². The first-order valence-corrected chi connectivity index (χ1v) is 19.6. The summed E-state index contributed by atoms with van der Waals surface area (Å²) >= 11 is 1.81. The topological polar surface area (TPSA) is 51.8 Å². The Morgan fingerprint density at radius 3 is 1.98 bits per heavy atom. The van der Waals surface area contributed by atoms with E-state index in [4.69, 9.17) is 19.4 Å². The molecule has 0 radical (unpaired) electrons. The maximum atomic E-state index is 6.44. The SMILES string of the molecule is c1ccc(-c2nc3c(-c4cc(-c5cccc6ccccc56)nc(-c5ccc6c(c5)sc5ccccc56)n4)cccc3c3c2ccc2oc4ccccc4c23)cc1. The van der Waals surface area contributed by atoms with E-state index in [9.17, 15) is 0 Å². The van der Waals surface area contributed by atoms with Crippen molar-refractivity contribution in [2.24, 2.45) is 0 Å². The zero-order chi connectivity index (χ0) is 36.7. The molecule has 0 spiro atoms. The number of pyridine rings is 1. The molecule has 0 bridgehead atoms. The minimum absolute atomic E-state index is 0.675. The molecule has 0 N–H and O–H groups in total. The van der Waals surface area contributed by atoms with Gasteiger partial charge in [-0.05, 0) is 47.2 Å². The Kier molecular flexibility index (Phi) is 6.76. The van der Waals surface area contributed by atoms with Crippen molar-refractivity contribution in [2.45, 2.75) is 0 Å². The van der Waals surface area contributed by atoms with Gasteiger partial charge in [-0.3, -0.25) is 0 Å². The van der Waals surface area contributed by atoms with E-state index < -0.39 is 0 Å². The van der Waals surface area contributed by atoms with Crippen LogP contribution in [0.25, 0.3) is 120 Å². The largest absolute Gasteiger partial charge is 0.456 e. The van der Waals surface area contributed by atoms with Gasteiger partial charge in [0, 0.05) is 69.4 Å². The Balaban J connectivity index is 1.18. The first-order chi connectivity index (χ1) is 27.7. The van der Waals surface area contributed by atoms with Crippen molar-refractivity contribution < 1.29 is 4.42 Å². The number of hydrogen-bond acceptors (Lipinski definition) is 5. The van der Waals surface area contributed by atoms with Crippen LogP contribution in [-0.4, -0.2) is 15.0 Å². The summed E-state index contributed by atoms with van der Waals surface area (Å²) < 4.78 is 8.93. The number of benzene rings is 8. The number of fused-ring (bicyclic) bond motifs is 11. The van der Waals surface area contributed by atoms with Crippen LogP contribution in [0.3, 0.4) is 0 Å². The third-order valence-corrected chi connectivity index (χ3v) is 12.2. The van der Waals surface area contributed by atoms with Gasteiger partial charge in [0.2, 0.25) is 0 Å². The molecule has 0 fully saturated rings. The summed E-state index contributed by atoms with van der Waals surface area (Å²) in [5, 5.41) is 10.3. The first-order valence-electron chi connectivity index (χ1n) is 18.8. The van der Waals surface area contributed by atoms with Gasteiger partial charge >= 0.3 is 0 Å². The third-order valence-electron chi connectivity index (χ3n) is 11.1. The molecule has 5 heteroatoms. The van der Waals surface area contributed by atoms with Gasteiger partial charge in [0.1, 0.15) is 11.2 Å². The lowest BCUT2D eigenvalue weighted by molar-refractivity contribution is 0.669. The molecule has 260 valence electrons. The molecule has 0 atom stereocenters. The zero-order valence-corrected chi connectivity index (χ0v) is 30.7. The number of thiophene rings is 1. The molecule has 0 aliphatic rings. The molecule has 0 saturated heterocycles. The van der Waals surface area contributed by atoms with Crippen molar-refractivity contribution in [1.82, 2.24) is 15.0 Å².